The minimum atomic E-state index is -0.286. The van der Waals surface area contributed by atoms with Gasteiger partial charge in [-0.3, -0.25) is 4.79 Å². The van der Waals surface area contributed by atoms with E-state index in [1.165, 1.54) is 6.21 Å². The van der Waals surface area contributed by atoms with E-state index in [2.05, 4.69) is 43.2 Å². The minimum absolute atomic E-state index is 0.152. The van der Waals surface area contributed by atoms with Crippen LogP contribution < -0.4 is 5.43 Å². The largest absolute Gasteiger partial charge is 0.507 e. The van der Waals surface area contributed by atoms with Gasteiger partial charge in [-0.1, -0.05) is 0 Å². The molecular weight excluding hydrogens is 394 g/mol. The summed E-state index contributed by atoms with van der Waals surface area (Å²) in [5.74, 6) is -0.133. The summed E-state index contributed by atoms with van der Waals surface area (Å²) in [6, 6.07) is 16.5. The first-order chi connectivity index (χ1) is 12.5. The number of aryl methyl sites for hydroxylation is 2. The minimum Gasteiger partial charge on any atom is -0.507 e. The molecule has 132 valence electrons. The fourth-order valence-electron chi connectivity index (χ4n) is 2.67. The molecule has 0 saturated carbocycles. The third kappa shape index (κ3) is 3.86. The molecule has 3 aromatic rings. The lowest BCUT2D eigenvalue weighted by Crippen LogP contribution is -2.17. The van der Waals surface area contributed by atoms with Crippen LogP contribution in [-0.2, 0) is 0 Å². The molecule has 0 bridgehead atoms. The number of nitrogens with zero attached hydrogens (tertiary/aromatic N) is 2. The third-order valence-electron chi connectivity index (χ3n) is 4.01. The maximum absolute atomic E-state index is 12.2. The molecule has 1 aromatic heterocycles. The third-order valence-corrected chi connectivity index (χ3v) is 4.65. The molecule has 0 radical (unpaired) electrons. The second kappa shape index (κ2) is 7.58. The molecule has 3 rings (SSSR count). The summed E-state index contributed by atoms with van der Waals surface area (Å²) in [4.78, 5) is 12.2. The maximum atomic E-state index is 12.2. The van der Waals surface area contributed by atoms with Gasteiger partial charge in [-0.2, -0.15) is 5.10 Å². The molecule has 2 aromatic carbocycles. The van der Waals surface area contributed by atoms with Gasteiger partial charge in [-0.15, -0.1) is 0 Å². The van der Waals surface area contributed by atoms with Crippen LogP contribution in [0.2, 0.25) is 0 Å². The monoisotopic (exact) mass is 411 g/mol. The van der Waals surface area contributed by atoms with Gasteiger partial charge in [0.2, 0.25) is 0 Å². The number of aromatic hydroxyl groups is 1. The molecule has 0 fully saturated rings. The van der Waals surface area contributed by atoms with Gasteiger partial charge < -0.3 is 9.67 Å². The van der Waals surface area contributed by atoms with Gasteiger partial charge in [0.05, 0.1) is 10.7 Å². The van der Waals surface area contributed by atoms with Gasteiger partial charge in [-0.05, 0) is 89.9 Å². The van der Waals surface area contributed by atoms with Gasteiger partial charge in [0.25, 0.3) is 5.91 Å². The van der Waals surface area contributed by atoms with Crippen molar-refractivity contribution in [3.05, 3.63) is 81.6 Å². The average molecular weight is 412 g/mol. The number of carbonyl (C=O) groups excluding carboxylic acids is 1. The van der Waals surface area contributed by atoms with E-state index >= 15 is 0 Å². The van der Waals surface area contributed by atoms with Crippen molar-refractivity contribution >= 4 is 28.1 Å². The van der Waals surface area contributed by atoms with Gasteiger partial charge in [-0.25, -0.2) is 5.43 Å². The Morgan fingerprint density at radius 2 is 1.73 bits per heavy atom. The van der Waals surface area contributed by atoms with Crippen molar-refractivity contribution in [2.45, 2.75) is 13.8 Å². The van der Waals surface area contributed by atoms with Gasteiger partial charge >= 0.3 is 0 Å². The van der Waals surface area contributed by atoms with Crippen LogP contribution in [0, 0.1) is 13.8 Å². The van der Waals surface area contributed by atoms with Crippen molar-refractivity contribution in [2.75, 3.05) is 0 Å². The van der Waals surface area contributed by atoms with Crippen LogP contribution >= 0.6 is 15.9 Å². The number of amides is 1. The molecule has 0 saturated heterocycles. The standard InChI is InChI=1S/C20H18BrN3O2/c1-13-3-4-14(2)24(13)17-8-6-16(7-9-17)20(26)23-22-12-15-5-10-19(25)18(21)11-15/h3-12,25H,1-2H3,(H,23,26). The van der Waals surface area contributed by atoms with Crippen LogP contribution in [0.5, 0.6) is 5.75 Å². The van der Waals surface area contributed by atoms with Crippen molar-refractivity contribution in [1.82, 2.24) is 9.99 Å². The maximum Gasteiger partial charge on any atom is 0.271 e. The molecule has 0 unspecified atom stereocenters. The zero-order valence-corrected chi connectivity index (χ0v) is 16.0. The molecule has 2 N–H and O–H groups in total. The van der Waals surface area contributed by atoms with E-state index in [1.807, 2.05) is 26.0 Å². The number of hydrogen-bond acceptors (Lipinski definition) is 3. The van der Waals surface area contributed by atoms with Crippen molar-refractivity contribution < 1.29 is 9.90 Å². The van der Waals surface area contributed by atoms with Gasteiger partial charge in [0.15, 0.2) is 0 Å². The number of phenolic OH excluding ortho intramolecular Hbond substituents is 1. The SMILES string of the molecule is Cc1ccc(C)n1-c1ccc(C(=O)NN=Cc2ccc(O)c(Br)c2)cc1. The number of rotatable bonds is 4. The Labute approximate surface area is 160 Å². The molecule has 1 amide bonds. The molecular formula is C20H18BrN3O2. The first kappa shape index (κ1) is 17.9. The smallest absolute Gasteiger partial charge is 0.271 e. The van der Waals surface area contributed by atoms with Crippen LogP contribution in [-0.4, -0.2) is 21.8 Å². The van der Waals surface area contributed by atoms with E-state index < -0.39 is 0 Å². The number of halogens is 1. The predicted molar refractivity (Wildman–Crippen MR) is 106 cm³/mol. The summed E-state index contributed by atoms with van der Waals surface area (Å²) in [6.45, 7) is 4.09. The molecule has 1 heterocycles. The number of benzene rings is 2. The van der Waals surface area contributed by atoms with E-state index in [1.54, 1.807) is 30.3 Å². The van der Waals surface area contributed by atoms with E-state index in [0.717, 1.165) is 22.6 Å². The Morgan fingerprint density at radius 1 is 1.08 bits per heavy atom. The quantitative estimate of drug-likeness (QED) is 0.495. The first-order valence-corrected chi connectivity index (χ1v) is 8.82. The lowest BCUT2D eigenvalue weighted by Gasteiger charge is -2.10. The van der Waals surface area contributed by atoms with E-state index in [4.69, 9.17) is 0 Å². The number of carbonyl (C=O) groups is 1. The number of nitrogens with one attached hydrogen (secondary N) is 1. The van der Waals surface area contributed by atoms with Gasteiger partial charge in [0.1, 0.15) is 5.75 Å². The molecule has 0 aliphatic heterocycles. The Hall–Kier alpha value is -2.86. The van der Waals surface area contributed by atoms with Crippen LogP contribution in [0.1, 0.15) is 27.3 Å². The van der Waals surface area contributed by atoms with Crippen LogP contribution in [0.15, 0.2) is 64.2 Å². The molecule has 0 aliphatic rings. The predicted octanol–water partition coefficient (Wildman–Crippen LogP) is 4.33. The van der Waals surface area contributed by atoms with Crippen molar-refractivity contribution in [1.29, 1.82) is 0 Å². The number of hydrazone groups is 1. The second-order valence-electron chi connectivity index (χ2n) is 5.91. The average Bonchev–Trinajstić information content (AvgIpc) is 2.96. The summed E-state index contributed by atoms with van der Waals surface area (Å²) in [5, 5.41) is 13.4. The number of aromatic nitrogens is 1. The first-order valence-electron chi connectivity index (χ1n) is 8.03. The van der Waals surface area contributed by atoms with Gasteiger partial charge in [0, 0.05) is 22.6 Å². The summed E-state index contributed by atoms with van der Waals surface area (Å²) < 4.78 is 2.70. The van der Waals surface area contributed by atoms with Crippen molar-refractivity contribution in [2.24, 2.45) is 5.10 Å². The molecule has 26 heavy (non-hydrogen) atoms. The Morgan fingerprint density at radius 3 is 2.35 bits per heavy atom. The van der Waals surface area contributed by atoms with Crippen LogP contribution in [0.3, 0.4) is 0 Å². The lowest BCUT2D eigenvalue weighted by molar-refractivity contribution is 0.0955. The molecule has 6 heteroatoms. The summed E-state index contributed by atoms with van der Waals surface area (Å²) in [6.07, 6.45) is 1.52. The molecule has 0 aliphatic carbocycles. The Kier molecular flexibility index (Phi) is 5.23. The normalized spacial score (nSPS) is 11.0. The summed E-state index contributed by atoms with van der Waals surface area (Å²) in [7, 11) is 0. The fourth-order valence-corrected chi connectivity index (χ4v) is 3.07. The molecule has 5 nitrogen and oxygen atoms in total. The highest BCUT2D eigenvalue weighted by molar-refractivity contribution is 9.10. The highest BCUT2D eigenvalue weighted by Crippen LogP contribution is 2.23. The summed E-state index contributed by atoms with van der Waals surface area (Å²) in [5.41, 5.74) is 7.08. The number of hydrogen-bond donors (Lipinski definition) is 2. The molecule has 0 atom stereocenters. The highest BCUT2D eigenvalue weighted by atomic mass is 79.9. The lowest BCUT2D eigenvalue weighted by atomic mass is 10.2. The van der Waals surface area contributed by atoms with Crippen molar-refractivity contribution in [3.8, 4) is 11.4 Å². The highest BCUT2D eigenvalue weighted by Gasteiger charge is 2.07. The van der Waals surface area contributed by atoms with E-state index in [-0.39, 0.29) is 11.7 Å². The Balaban J connectivity index is 1.68. The van der Waals surface area contributed by atoms with E-state index in [0.29, 0.717) is 10.0 Å². The second-order valence-corrected chi connectivity index (χ2v) is 6.76. The molecule has 0 spiro atoms. The number of phenols is 1. The van der Waals surface area contributed by atoms with E-state index in [9.17, 15) is 9.90 Å². The van der Waals surface area contributed by atoms with Crippen molar-refractivity contribution in [3.63, 3.8) is 0 Å². The topological polar surface area (TPSA) is 66.6 Å². The summed E-state index contributed by atoms with van der Waals surface area (Å²) >= 11 is 3.24. The fraction of sp³-hybridized carbons (Fsp3) is 0.100. The van der Waals surface area contributed by atoms with Crippen LogP contribution in [0.25, 0.3) is 5.69 Å². The zero-order chi connectivity index (χ0) is 18.7. The Bertz CT molecular complexity index is 956. The zero-order valence-electron chi connectivity index (χ0n) is 14.4. The van der Waals surface area contributed by atoms with Crippen LogP contribution in [0.4, 0.5) is 0 Å².